The molecule has 2 rings (SSSR count). The van der Waals surface area contributed by atoms with Gasteiger partial charge >= 0.3 is 0 Å². The Morgan fingerprint density at radius 1 is 1.47 bits per heavy atom. The average Bonchev–Trinajstić information content (AvgIpc) is 2.42. The van der Waals surface area contributed by atoms with E-state index in [1.165, 1.54) is 24.9 Å². The number of rotatable bonds is 6. The maximum atomic E-state index is 5.27. The van der Waals surface area contributed by atoms with E-state index in [0.717, 1.165) is 31.9 Å². The standard InChI is InChI=1S/C15H25N3O/c1-16-8-13-5-6-15(17-9-13)11-18-7-3-4-14(10-18)12-19-2/h5-6,9,14,16H,3-4,7-8,10-12H2,1-2H3. The molecule has 4 nitrogen and oxygen atoms in total. The van der Waals surface area contributed by atoms with E-state index in [9.17, 15) is 0 Å². The highest BCUT2D eigenvalue weighted by Crippen LogP contribution is 2.18. The Hall–Kier alpha value is -0.970. The summed E-state index contributed by atoms with van der Waals surface area (Å²) < 4.78 is 5.27. The van der Waals surface area contributed by atoms with E-state index < -0.39 is 0 Å². The molecule has 1 aromatic heterocycles. The zero-order chi connectivity index (χ0) is 13.5. The summed E-state index contributed by atoms with van der Waals surface area (Å²) in [6.45, 7) is 5.03. The number of pyridine rings is 1. The van der Waals surface area contributed by atoms with Crippen LogP contribution >= 0.6 is 0 Å². The molecule has 1 aliphatic heterocycles. The Morgan fingerprint density at radius 3 is 3.05 bits per heavy atom. The van der Waals surface area contributed by atoms with Gasteiger partial charge < -0.3 is 10.1 Å². The van der Waals surface area contributed by atoms with Crippen LogP contribution in [0.2, 0.25) is 0 Å². The summed E-state index contributed by atoms with van der Waals surface area (Å²) in [7, 11) is 3.75. The molecule has 0 amide bonds. The van der Waals surface area contributed by atoms with E-state index >= 15 is 0 Å². The Balaban J connectivity index is 1.85. The number of nitrogens with zero attached hydrogens (tertiary/aromatic N) is 2. The first-order valence-electron chi connectivity index (χ1n) is 7.11. The van der Waals surface area contributed by atoms with Gasteiger partial charge in [0.05, 0.1) is 12.3 Å². The van der Waals surface area contributed by atoms with Crippen LogP contribution in [0.1, 0.15) is 24.1 Å². The van der Waals surface area contributed by atoms with Crippen molar-refractivity contribution >= 4 is 0 Å². The summed E-state index contributed by atoms with van der Waals surface area (Å²) in [6.07, 6.45) is 4.53. The predicted octanol–water partition coefficient (Wildman–Crippen LogP) is 1.66. The number of hydrogen-bond acceptors (Lipinski definition) is 4. The second-order valence-corrected chi connectivity index (χ2v) is 5.39. The molecule has 1 unspecified atom stereocenters. The first-order valence-corrected chi connectivity index (χ1v) is 7.11. The molecular weight excluding hydrogens is 238 g/mol. The lowest BCUT2D eigenvalue weighted by atomic mass is 9.99. The summed E-state index contributed by atoms with van der Waals surface area (Å²) in [5, 5.41) is 3.14. The van der Waals surface area contributed by atoms with Crippen LogP contribution in [-0.2, 0) is 17.8 Å². The average molecular weight is 263 g/mol. The third kappa shape index (κ3) is 4.56. The van der Waals surface area contributed by atoms with Crippen molar-refractivity contribution in [2.75, 3.05) is 33.9 Å². The van der Waals surface area contributed by atoms with Crippen LogP contribution < -0.4 is 5.32 Å². The summed E-state index contributed by atoms with van der Waals surface area (Å²) in [6, 6.07) is 4.31. The van der Waals surface area contributed by atoms with Crippen molar-refractivity contribution in [3.05, 3.63) is 29.6 Å². The normalized spacial score (nSPS) is 20.6. The Labute approximate surface area is 116 Å². The fourth-order valence-electron chi connectivity index (χ4n) is 2.75. The van der Waals surface area contributed by atoms with Crippen molar-refractivity contribution in [1.29, 1.82) is 0 Å². The lowest BCUT2D eigenvalue weighted by molar-refractivity contribution is 0.0868. The molecular formula is C15H25N3O. The smallest absolute Gasteiger partial charge is 0.0544 e. The number of likely N-dealkylation sites (tertiary alicyclic amines) is 1. The first kappa shape index (κ1) is 14.4. The third-order valence-corrected chi connectivity index (χ3v) is 3.66. The van der Waals surface area contributed by atoms with Crippen molar-refractivity contribution < 1.29 is 4.74 Å². The molecule has 1 aliphatic rings. The van der Waals surface area contributed by atoms with Gasteiger partial charge in [0.25, 0.3) is 0 Å². The molecule has 1 fully saturated rings. The molecule has 0 aromatic carbocycles. The van der Waals surface area contributed by atoms with Crippen molar-refractivity contribution in [2.45, 2.75) is 25.9 Å². The van der Waals surface area contributed by atoms with Gasteiger partial charge in [-0.1, -0.05) is 6.07 Å². The van der Waals surface area contributed by atoms with Crippen LogP contribution in [0, 0.1) is 5.92 Å². The van der Waals surface area contributed by atoms with Crippen LogP contribution in [0.5, 0.6) is 0 Å². The molecule has 0 saturated carbocycles. The molecule has 2 heterocycles. The van der Waals surface area contributed by atoms with Crippen LogP contribution in [0.15, 0.2) is 18.3 Å². The number of piperidine rings is 1. The third-order valence-electron chi connectivity index (χ3n) is 3.66. The van der Waals surface area contributed by atoms with Crippen molar-refractivity contribution in [3.8, 4) is 0 Å². The highest BCUT2D eigenvalue weighted by Gasteiger charge is 2.19. The molecule has 106 valence electrons. The summed E-state index contributed by atoms with van der Waals surface area (Å²) in [5.74, 6) is 0.683. The first-order chi connectivity index (χ1) is 9.31. The van der Waals surface area contributed by atoms with E-state index in [1.54, 1.807) is 7.11 Å². The predicted molar refractivity (Wildman–Crippen MR) is 76.9 cm³/mol. The monoisotopic (exact) mass is 263 g/mol. The van der Waals surface area contributed by atoms with Gasteiger partial charge in [0.2, 0.25) is 0 Å². The minimum atomic E-state index is 0.683. The van der Waals surface area contributed by atoms with Gasteiger partial charge in [0.15, 0.2) is 0 Å². The van der Waals surface area contributed by atoms with Crippen LogP contribution in [0.25, 0.3) is 0 Å². The molecule has 0 bridgehead atoms. The van der Waals surface area contributed by atoms with Gasteiger partial charge in [-0.15, -0.1) is 0 Å². The highest BCUT2D eigenvalue weighted by molar-refractivity contribution is 5.13. The van der Waals surface area contributed by atoms with E-state index in [0.29, 0.717) is 5.92 Å². The number of aromatic nitrogens is 1. The van der Waals surface area contributed by atoms with Gasteiger partial charge in [0.1, 0.15) is 0 Å². The number of hydrogen-bond donors (Lipinski definition) is 1. The quantitative estimate of drug-likeness (QED) is 0.847. The van der Waals surface area contributed by atoms with E-state index in [4.69, 9.17) is 4.74 Å². The lowest BCUT2D eigenvalue weighted by Crippen LogP contribution is -2.36. The summed E-state index contributed by atoms with van der Waals surface area (Å²) in [4.78, 5) is 7.04. The van der Waals surface area contributed by atoms with Gasteiger partial charge in [-0.05, 0) is 44.0 Å². The van der Waals surface area contributed by atoms with Crippen molar-refractivity contribution in [2.24, 2.45) is 5.92 Å². The van der Waals surface area contributed by atoms with Crippen LogP contribution in [0.4, 0.5) is 0 Å². The van der Waals surface area contributed by atoms with Crippen molar-refractivity contribution in [3.63, 3.8) is 0 Å². The minimum absolute atomic E-state index is 0.683. The number of nitrogens with one attached hydrogen (secondary N) is 1. The van der Waals surface area contributed by atoms with E-state index in [1.807, 2.05) is 13.2 Å². The molecule has 1 atom stereocenters. The summed E-state index contributed by atoms with van der Waals surface area (Å²) in [5.41, 5.74) is 2.40. The number of methoxy groups -OCH3 is 1. The van der Waals surface area contributed by atoms with Gasteiger partial charge in [-0.25, -0.2) is 0 Å². The summed E-state index contributed by atoms with van der Waals surface area (Å²) >= 11 is 0. The molecule has 19 heavy (non-hydrogen) atoms. The fourth-order valence-corrected chi connectivity index (χ4v) is 2.75. The Bertz CT molecular complexity index is 364. The minimum Gasteiger partial charge on any atom is -0.384 e. The molecule has 1 aromatic rings. The second-order valence-electron chi connectivity index (χ2n) is 5.39. The molecule has 1 N–H and O–H groups in total. The SMILES string of the molecule is CNCc1ccc(CN2CCCC(COC)C2)nc1. The maximum Gasteiger partial charge on any atom is 0.0544 e. The van der Waals surface area contributed by atoms with Crippen LogP contribution in [0.3, 0.4) is 0 Å². The fraction of sp³-hybridized carbons (Fsp3) is 0.667. The zero-order valence-corrected chi connectivity index (χ0v) is 12.1. The zero-order valence-electron chi connectivity index (χ0n) is 12.1. The topological polar surface area (TPSA) is 37.4 Å². The Kier molecular flexibility index (Phi) is 5.76. The Morgan fingerprint density at radius 2 is 2.37 bits per heavy atom. The van der Waals surface area contributed by atoms with Gasteiger partial charge in [0, 0.05) is 32.9 Å². The van der Waals surface area contributed by atoms with E-state index in [2.05, 4.69) is 27.3 Å². The van der Waals surface area contributed by atoms with Gasteiger partial charge in [-0.3, -0.25) is 9.88 Å². The largest absolute Gasteiger partial charge is 0.384 e. The molecule has 0 spiro atoms. The highest BCUT2D eigenvalue weighted by atomic mass is 16.5. The molecule has 0 aliphatic carbocycles. The molecule has 0 radical (unpaired) electrons. The lowest BCUT2D eigenvalue weighted by Gasteiger charge is -2.32. The second kappa shape index (κ2) is 7.58. The van der Waals surface area contributed by atoms with Gasteiger partial charge in [-0.2, -0.15) is 0 Å². The molecule has 1 saturated heterocycles. The van der Waals surface area contributed by atoms with E-state index in [-0.39, 0.29) is 0 Å². The maximum absolute atomic E-state index is 5.27. The van der Waals surface area contributed by atoms with Crippen LogP contribution in [-0.4, -0.2) is 43.7 Å². The number of ether oxygens (including phenoxy) is 1. The molecule has 4 heteroatoms. The van der Waals surface area contributed by atoms with Crippen molar-refractivity contribution in [1.82, 2.24) is 15.2 Å².